The molecule has 1 atom stereocenters. The first kappa shape index (κ1) is 19.8. The predicted molar refractivity (Wildman–Crippen MR) is 87.3 cm³/mol. The molecule has 0 saturated heterocycles. The molecular formula is C16H20N2O5S. The van der Waals surface area contributed by atoms with Gasteiger partial charge in [0.05, 0.1) is 4.90 Å². The van der Waals surface area contributed by atoms with Crippen LogP contribution in [0.15, 0.2) is 29.2 Å². The van der Waals surface area contributed by atoms with Crippen molar-refractivity contribution in [3.63, 3.8) is 0 Å². The number of hydrogen-bond acceptors (Lipinski definition) is 5. The van der Waals surface area contributed by atoms with Crippen LogP contribution in [-0.4, -0.2) is 36.3 Å². The minimum Gasteiger partial charge on any atom is -0.368 e. The van der Waals surface area contributed by atoms with E-state index in [4.69, 9.17) is 5.73 Å². The second-order valence-electron chi connectivity index (χ2n) is 5.04. The second-order valence-corrected chi connectivity index (χ2v) is 6.84. The van der Waals surface area contributed by atoms with Gasteiger partial charge in [-0.2, -0.15) is 0 Å². The maximum Gasteiger partial charge on any atom is 0.265 e. The summed E-state index contributed by atoms with van der Waals surface area (Å²) in [6.07, 6.45) is 3.94. The van der Waals surface area contributed by atoms with E-state index in [1.807, 2.05) is 0 Å². The molecule has 0 aliphatic rings. The van der Waals surface area contributed by atoms with Crippen LogP contribution >= 0.6 is 0 Å². The Labute approximate surface area is 141 Å². The average molecular weight is 352 g/mol. The summed E-state index contributed by atoms with van der Waals surface area (Å²) < 4.78 is 24.0. The van der Waals surface area contributed by atoms with E-state index in [-0.39, 0.29) is 15.7 Å². The normalized spacial score (nSPS) is 12.3. The van der Waals surface area contributed by atoms with Crippen LogP contribution in [0.2, 0.25) is 0 Å². The summed E-state index contributed by atoms with van der Waals surface area (Å²) in [5.41, 5.74) is 5.50. The fraction of sp³-hybridized carbons (Fsp3) is 0.375. The van der Waals surface area contributed by atoms with E-state index >= 15 is 0 Å². The summed E-state index contributed by atoms with van der Waals surface area (Å²) in [4.78, 5) is 21.4. The van der Waals surface area contributed by atoms with E-state index < -0.39 is 22.0 Å². The predicted octanol–water partition coefficient (Wildman–Crippen LogP) is 1.05. The minimum atomic E-state index is -4.44. The van der Waals surface area contributed by atoms with Crippen molar-refractivity contribution in [2.45, 2.75) is 43.5 Å². The number of amides is 1. The van der Waals surface area contributed by atoms with Crippen molar-refractivity contribution >= 4 is 22.2 Å². The van der Waals surface area contributed by atoms with Crippen molar-refractivity contribution in [1.82, 2.24) is 4.47 Å². The van der Waals surface area contributed by atoms with Gasteiger partial charge in [0.15, 0.2) is 6.04 Å². The summed E-state index contributed by atoms with van der Waals surface area (Å²) in [5, 5.41) is 9.64. The summed E-state index contributed by atoms with van der Waals surface area (Å²) in [7, 11) is -4.44. The molecule has 8 heteroatoms. The highest BCUT2D eigenvalue weighted by molar-refractivity contribution is 7.89. The number of hydroxylamine groups is 1. The van der Waals surface area contributed by atoms with E-state index in [0.29, 0.717) is 5.56 Å². The van der Waals surface area contributed by atoms with Crippen molar-refractivity contribution in [3.8, 4) is 11.8 Å². The smallest absolute Gasteiger partial charge is 0.265 e. The van der Waals surface area contributed by atoms with Crippen molar-refractivity contribution in [3.05, 3.63) is 29.8 Å². The highest BCUT2D eigenvalue weighted by Gasteiger charge is 2.33. The van der Waals surface area contributed by atoms with Gasteiger partial charge in [-0.3, -0.25) is 10.0 Å². The minimum absolute atomic E-state index is 0.0456. The molecular weight excluding hydrogens is 332 g/mol. The monoisotopic (exact) mass is 352 g/mol. The lowest BCUT2D eigenvalue weighted by Crippen LogP contribution is -2.47. The lowest BCUT2D eigenvalue weighted by molar-refractivity contribution is -0.137. The third-order valence-electron chi connectivity index (χ3n) is 3.19. The molecule has 7 nitrogen and oxygen atoms in total. The van der Waals surface area contributed by atoms with Crippen LogP contribution < -0.4 is 5.73 Å². The molecule has 24 heavy (non-hydrogen) atoms. The van der Waals surface area contributed by atoms with Crippen molar-refractivity contribution < 1.29 is 23.2 Å². The zero-order chi connectivity index (χ0) is 18.2. The van der Waals surface area contributed by atoms with E-state index in [0.717, 1.165) is 25.7 Å². The Morgan fingerprint density at radius 3 is 2.46 bits per heavy atom. The van der Waals surface area contributed by atoms with E-state index in [1.165, 1.54) is 24.3 Å². The number of rotatable bonds is 8. The van der Waals surface area contributed by atoms with Crippen LogP contribution in [0.5, 0.6) is 0 Å². The van der Waals surface area contributed by atoms with Gasteiger partial charge in [0.2, 0.25) is 5.91 Å². The number of nitrogens with two attached hydrogens (primary N) is 1. The van der Waals surface area contributed by atoms with Crippen LogP contribution in [-0.2, 0) is 19.6 Å². The first-order chi connectivity index (χ1) is 11.3. The lowest BCUT2D eigenvalue weighted by atomic mass is 10.2. The van der Waals surface area contributed by atoms with Crippen LogP contribution in [0, 0.1) is 11.8 Å². The van der Waals surface area contributed by atoms with Gasteiger partial charge in [0.25, 0.3) is 10.0 Å². The SMILES string of the molecule is CCCCCC#Cc1ccc(S(=O)(=O)N(O)[C@H](C=O)C(N)=O)cc1. The molecule has 0 aliphatic carbocycles. The van der Waals surface area contributed by atoms with Gasteiger partial charge in [0, 0.05) is 12.0 Å². The number of nitrogens with zero attached hydrogens (tertiary/aromatic N) is 1. The van der Waals surface area contributed by atoms with Crippen LogP contribution in [0.4, 0.5) is 0 Å². The summed E-state index contributed by atoms with van der Waals surface area (Å²) in [6.45, 7) is 2.10. The molecule has 0 radical (unpaired) electrons. The van der Waals surface area contributed by atoms with Gasteiger partial charge in [-0.25, -0.2) is 8.42 Å². The van der Waals surface area contributed by atoms with Gasteiger partial charge >= 0.3 is 0 Å². The molecule has 1 rings (SSSR count). The van der Waals surface area contributed by atoms with Crippen LogP contribution in [0.25, 0.3) is 0 Å². The Balaban J connectivity index is 2.91. The molecule has 0 spiro atoms. The summed E-state index contributed by atoms with van der Waals surface area (Å²) in [5.74, 6) is 4.63. The molecule has 0 saturated carbocycles. The third kappa shape index (κ3) is 5.16. The molecule has 0 aromatic heterocycles. The number of unbranched alkanes of at least 4 members (excludes halogenated alkanes) is 3. The zero-order valence-corrected chi connectivity index (χ0v) is 14.1. The number of primary amides is 1. The van der Waals surface area contributed by atoms with Crippen molar-refractivity contribution in [2.24, 2.45) is 5.73 Å². The molecule has 1 aromatic rings. The lowest BCUT2D eigenvalue weighted by Gasteiger charge is -2.18. The molecule has 130 valence electrons. The molecule has 0 unspecified atom stereocenters. The quantitative estimate of drug-likeness (QED) is 0.238. The molecule has 0 aliphatic heterocycles. The number of benzene rings is 1. The standard InChI is InChI=1S/C16H20N2O5S/c1-2-3-4-5-6-7-13-8-10-14(11-9-13)24(22,23)18(21)15(12-19)16(17)20/h8-12,15,21H,2-5H2,1H3,(H2,17,20)/t15-/m1/s1. The fourth-order valence-electron chi connectivity index (χ4n) is 1.82. The van der Waals surface area contributed by atoms with Gasteiger partial charge in [-0.15, -0.1) is 0 Å². The van der Waals surface area contributed by atoms with Crippen molar-refractivity contribution in [1.29, 1.82) is 0 Å². The number of carbonyl (C=O) groups excluding carboxylic acids is 2. The van der Waals surface area contributed by atoms with E-state index in [9.17, 15) is 23.2 Å². The highest BCUT2D eigenvalue weighted by Crippen LogP contribution is 2.16. The van der Waals surface area contributed by atoms with Crippen LogP contribution in [0.1, 0.15) is 38.2 Å². The molecule has 0 bridgehead atoms. The van der Waals surface area contributed by atoms with Gasteiger partial charge < -0.3 is 10.5 Å². The number of aldehydes is 1. The Morgan fingerprint density at radius 1 is 1.33 bits per heavy atom. The number of sulfonamides is 1. The molecule has 0 heterocycles. The number of carbonyl (C=O) groups is 2. The van der Waals surface area contributed by atoms with Crippen LogP contribution in [0.3, 0.4) is 0 Å². The van der Waals surface area contributed by atoms with Gasteiger partial charge in [-0.05, 0) is 30.7 Å². The Hall–Kier alpha value is -2.21. The summed E-state index contributed by atoms with van der Waals surface area (Å²) >= 11 is 0. The van der Waals surface area contributed by atoms with E-state index in [1.54, 1.807) is 0 Å². The Kier molecular flexibility index (Phi) is 7.58. The maximum atomic E-state index is 12.2. The molecule has 0 fully saturated rings. The second kappa shape index (κ2) is 9.17. The fourth-order valence-corrected chi connectivity index (χ4v) is 2.97. The Morgan fingerprint density at radius 2 is 1.96 bits per heavy atom. The molecule has 3 N–H and O–H groups in total. The largest absolute Gasteiger partial charge is 0.368 e. The van der Waals surface area contributed by atoms with Gasteiger partial charge in [-0.1, -0.05) is 36.1 Å². The Bertz CT molecular complexity index is 732. The molecule has 1 amide bonds. The third-order valence-corrected chi connectivity index (χ3v) is 4.78. The highest BCUT2D eigenvalue weighted by atomic mass is 32.2. The zero-order valence-electron chi connectivity index (χ0n) is 13.3. The first-order valence-electron chi connectivity index (χ1n) is 7.41. The van der Waals surface area contributed by atoms with Gasteiger partial charge in [0.1, 0.15) is 6.29 Å². The first-order valence-corrected chi connectivity index (χ1v) is 8.85. The average Bonchev–Trinajstić information content (AvgIpc) is 2.55. The topological polar surface area (TPSA) is 118 Å². The van der Waals surface area contributed by atoms with Crippen molar-refractivity contribution in [2.75, 3.05) is 0 Å². The summed E-state index contributed by atoms with van der Waals surface area (Å²) in [6, 6.07) is 3.45. The number of hydrogen-bond donors (Lipinski definition) is 2. The molecule has 1 aromatic carbocycles. The van der Waals surface area contributed by atoms with E-state index in [2.05, 4.69) is 18.8 Å². The maximum absolute atomic E-state index is 12.2.